The van der Waals surface area contributed by atoms with Crippen LogP contribution in [0.2, 0.25) is 0 Å². The summed E-state index contributed by atoms with van der Waals surface area (Å²) in [5.74, 6) is 0.445. The van der Waals surface area contributed by atoms with Crippen LogP contribution in [0.25, 0.3) is 0 Å². The van der Waals surface area contributed by atoms with E-state index in [1.165, 1.54) is 0 Å². The van der Waals surface area contributed by atoms with E-state index < -0.39 is 5.41 Å². The lowest BCUT2D eigenvalue weighted by Crippen LogP contribution is -2.39. The lowest BCUT2D eigenvalue weighted by atomic mass is 9.93. The highest BCUT2D eigenvalue weighted by molar-refractivity contribution is 5.79. The van der Waals surface area contributed by atoms with E-state index in [-0.39, 0.29) is 11.8 Å². The highest BCUT2D eigenvalue weighted by Gasteiger charge is 2.32. The van der Waals surface area contributed by atoms with E-state index in [1.807, 2.05) is 13.8 Å². The number of carbonyl (C=O) groups is 1. The van der Waals surface area contributed by atoms with Crippen LogP contribution in [0.5, 0.6) is 0 Å². The SMILES string of the molecule is CC(C)(C#N)CNC(=O)C1CCCC1CN. The molecule has 4 nitrogen and oxygen atoms in total. The molecule has 0 radical (unpaired) electrons. The van der Waals surface area contributed by atoms with Crippen molar-refractivity contribution in [1.29, 1.82) is 5.26 Å². The molecule has 1 saturated carbocycles. The van der Waals surface area contributed by atoms with Gasteiger partial charge in [0.15, 0.2) is 0 Å². The maximum absolute atomic E-state index is 11.9. The molecule has 1 aliphatic carbocycles. The third-order valence-corrected chi connectivity index (χ3v) is 3.31. The van der Waals surface area contributed by atoms with Crippen molar-refractivity contribution in [2.75, 3.05) is 13.1 Å². The lowest BCUT2D eigenvalue weighted by molar-refractivity contribution is -0.126. The van der Waals surface area contributed by atoms with Crippen LogP contribution in [-0.2, 0) is 4.79 Å². The van der Waals surface area contributed by atoms with Crippen molar-refractivity contribution in [2.45, 2.75) is 33.1 Å². The molecule has 1 amide bonds. The Kier molecular flexibility index (Phi) is 4.31. The van der Waals surface area contributed by atoms with Gasteiger partial charge in [0.25, 0.3) is 0 Å². The first-order valence-corrected chi connectivity index (χ1v) is 5.89. The van der Waals surface area contributed by atoms with Gasteiger partial charge in [-0.3, -0.25) is 4.79 Å². The van der Waals surface area contributed by atoms with Crippen LogP contribution in [0.15, 0.2) is 0 Å². The molecule has 2 unspecified atom stereocenters. The largest absolute Gasteiger partial charge is 0.354 e. The van der Waals surface area contributed by atoms with Crippen LogP contribution < -0.4 is 11.1 Å². The quantitative estimate of drug-likeness (QED) is 0.747. The van der Waals surface area contributed by atoms with Gasteiger partial charge >= 0.3 is 0 Å². The minimum atomic E-state index is -0.494. The van der Waals surface area contributed by atoms with Gasteiger partial charge in [-0.1, -0.05) is 6.42 Å². The summed E-state index contributed by atoms with van der Waals surface area (Å²) in [5.41, 5.74) is 5.14. The number of hydrogen-bond donors (Lipinski definition) is 2. The predicted octanol–water partition coefficient (Wildman–Crippen LogP) is 1.03. The molecule has 0 spiro atoms. The molecular weight excluding hydrogens is 202 g/mol. The standard InChI is InChI=1S/C12H21N3O/c1-12(2,7-14)8-15-11(16)10-5-3-4-9(10)6-13/h9-10H,3-6,8,13H2,1-2H3,(H,15,16). The van der Waals surface area contributed by atoms with Crippen molar-refractivity contribution in [1.82, 2.24) is 5.32 Å². The molecule has 0 bridgehead atoms. The van der Waals surface area contributed by atoms with Gasteiger partial charge in [0.1, 0.15) is 0 Å². The van der Waals surface area contributed by atoms with Crippen molar-refractivity contribution in [3.63, 3.8) is 0 Å². The molecule has 2 atom stereocenters. The van der Waals surface area contributed by atoms with E-state index in [0.717, 1.165) is 19.3 Å². The highest BCUT2D eigenvalue weighted by atomic mass is 16.1. The summed E-state index contributed by atoms with van der Waals surface area (Å²) in [5, 5.41) is 11.7. The van der Waals surface area contributed by atoms with Crippen molar-refractivity contribution < 1.29 is 4.79 Å². The molecule has 0 aromatic rings. The Morgan fingerprint density at radius 2 is 2.25 bits per heavy atom. The van der Waals surface area contributed by atoms with E-state index in [4.69, 9.17) is 11.0 Å². The first-order chi connectivity index (χ1) is 7.50. The summed E-state index contributed by atoms with van der Waals surface area (Å²) in [6.45, 7) is 4.64. The van der Waals surface area contributed by atoms with Gasteiger partial charge in [-0.2, -0.15) is 5.26 Å². The summed E-state index contributed by atoms with van der Waals surface area (Å²) < 4.78 is 0. The summed E-state index contributed by atoms with van der Waals surface area (Å²) in [6.07, 6.45) is 3.07. The zero-order valence-electron chi connectivity index (χ0n) is 10.1. The van der Waals surface area contributed by atoms with Crippen molar-refractivity contribution in [3.05, 3.63) is 0 Å². The maximum Gasteiger partial charge on any atom is 0.223 e. The number of nitrogens with one attached hydrogen (secondary N) is 1. The Balaban J connectivity index is 2.44. The lowest BCUT2D eigenvalue weighted by Gasteiger charge is -2.21. The van der Waals surface area contributed by atoms with E-state index in [0.29, 0.717) is 19.0 Å². The van der Waals surface area contributed by atoms with Crippen molar-refractivity contribution in [2.24, 2.45) is 23.0 Å². The number of amides is 1. The van der Waals surface area contributed by atoms with Gasteiger partial charge in [0, 0.05) is 12.5 Å². The van der Waals surface area contributed by atoms with E-state index in [2.05, 4.69) is 11.4 Å². The van der Waals surface area contributed by atoms with Crippen LogP contribution >= 0.6 is 0 Å². The molecule has 3 N–H and O–H groups in total. The molecular formula is C12H21N3O. The zero-order chi connectivity index (χ0) is 12.2. The van der Waals surface area contributed by atoms with Crippen LogP contribution in [-0.4, -0.2) is 19.0 Å². The molecule has 90 valence electrons. The van der Waals surface area contributed by atoms with E-state index in [1.54, 1.807) is 0 Å². The van der Waals surface area contributed by atoms with Gasteiger partial charge in [0.05, 0.1) is 11.5 Å². The monoisotopic (exact) mass is 223 g/mol. The first kappa shape index (κ1) is 13.0. The molecule has 0 saturated heterocycles. The van der Waals surface area contributed by atoms with E-state index in [9.17, 15) is 4.79 Å². The zero-order valence-corrected chi connectivity index (χ0v) is 10.1. The molecule has 0 aromatic heterocycles. The second-order valence-corrected chi connectivity index (χ2v) is 5.25. The summed E-state index contributed by atoms with van der Waals surface area (Å²) >= 11 is 0. The predicted molar refractivity (Wildman–Crippen MR) is 62.3 cm³/mol. The fraction of sp³-hybridized carbons (Fsp3) is 0.833. The summed E-state index contributed by atoms with van der Waals surface area (Å²) in [4.78, 5) is 11.9. The van der Waals surface area contributed by atoms with Crippen molar-refractivity contribution >= 4 is 5.91 Å². The normalized spacial score (nSPS) is 25.1. The smallest absolute Gasteiger partial charge is 0.223 e. The van der Waals surface area contributed by atoms with E-state index >= 15 is 0 Å². The Morgan fingerprint density at radius 1 is 1.56 bits per heavy atom. The van der Waals surface area contributed by atoms with Gasteiger partial charge in [-0.25, -0.2) is 0 Å². The molecule has 1 fully saturated rings. The topological polar surface area (TPSA) is 78.9 Å². The molecule has 0 aliphatic heterocycles. The number of hydrogen-bond acceptors (Lipinski definition) is 3. The van der Waals surface area contributed by atoms with Gasteiger partial charge < -0.3 is 11.1 Å². The number of carbonyl (C=O) groups excluding carboxylic acids is 1. The Morgan fingerprint density at radius 3 is 2.81 bits per heavy atom. The Bertz CT molecular complexity index is 293. The van der Waals surface area contributed by atoms with Gasteiger partial charge in [-0.15, -0.1) is 0 Å². The summed E-state index contributed by atoms with van der Waals surface area (Å²) in [6, 6.07) is 2.17. The van der Waals surface area contributed by atoms with Crippen LogP contribution in [0.1, 0.15) is 33.1 Å². The first-order valence-electron chi connectivity index (χ1n) is 5.89. The minimum absolute atomic E-state index is 0.0551. The third-order valence-electron chi connectivity index (χ3n) is 3.31. The second-order valence-electron chi connectivity index (χ2n) is 5.25. The molecule has 4 heteroatoms. The Labute approximate surface area is 97.2 Å². The average molecular weight is 223 g/mol. The molecule has 0 aromatic carbocycles. The molecule has 1 aliphatic rings. The van der Waals surface area contributed by atoms with Crippen LogP contribution in [0, 0.1) is 28.6 Å². The van der Waals surface area contributed by atoms with Crippen LogP contribution in [0.3, 0.4) is 0 Å². The summed E-state index contributed by atoms with van der Waals surface area (Å²) in [7, 11) is 0. The van der Waals surface area contributed by atoms with Gasteiger partial charge in [0.2, 0.25) is 5.91 Å². The Hall–Kier alpha value is -1.08. The molecule has 1 rings (SSSR count). The third kappa shape index (κ3) is 3.21. The van der Waals surface area contributed by atoms with Crippen molar-refractivity contribution in [3.8, 4) is 6.07 Å². The average Bonchev–Trinajstić information content (AvgIpc) is 2.74. The molecule has 0 heterocycles. The van der Waals surface area contributed by atoms with Crippen LogP contribution in [0.4, 0.5) is 0 Å². The minimum Gasteiger partial charge on any atom is -0.354 e. The number of nitrogens with zero attached hydrogens (tertiary/aromatic N) is 1. The highest BCUT2D eigenvalue weighted by Crippen LogP contribution is 2.31. The molecule has 16 heavy (non-hydrogen) atoms. The fourth-order valence-electron chi connectivity index (χ4n) is 2.14. The fourth-order valence-corrected chi connectivity index (χ4v) is 2.14. The maximum atomic E-state index is 11.9. The number of nitriles is 1. The second kappa shape index (κ2) is 5.31. The van der Waals surface area contributed by atoms with Gasteiger partial charge in [-0.05, 0) is 39.2 Å². The number of rotatable bonds is 4. The number of nitrogens with two attached hydrogens (primary N) is 1.